The van der Waals surface area contributed by atoms with Crippen LogP contribution in [0.2, 0.25) is 0 Å². The van der Waals surface area contributed by atoms with Crippen LogP contribution in [0.3, 0.4) is 0 Å². The van der Waals surface area contributed by atoms with Gasteiger partial charge in [-0.1, -0.05) is 48.5 Å². The first-order valence-electron chi connectivity index (χ1n) is 10.8. The number of carbonyl (C=O) groups excluding carboxylic acids is 2. The molecule has 3 aliphatic rings. The number of nitrogens with zero attached hydrogens (tertiary/aromatic N) is 2. The Labute approximate surface area is 186 Å². The number of ether oxygens (including phenoxy) is 2. The summed E-state index contributed by atoms with van der Waals surface area (Å²) < 4.78 is 10.5. The lowest BCUT2D eigenvalue weighted by Crippen LogP contribution is -2.54. The van der Waals surface area contributed by atoms with E-state index in [2.05, 4.69) is 11.4 Å². The van der Waals surface area contributed by atoms with Gasteiger partial charge in [-0.05, 0) is 30.5 Å². The number of alkyl carbamates (subject to hydrolysis) is 1. The van der Waals surface area contributed by atoms with Gasteiger partial charge in [0.25, 0.3) is 0 Å². The van der Waals surface area contributed by atoms with Crippen LogP contribution in [0.4, 0.5) is 10.5 Å². The van der Waals surface area contributed by atoms with Crippen LogP contribution >= 0.6 is 0 Å². The number of benzene rings is 2. The molecule has 2 fully saturated rings. The molecule has 0 spiro atoms. The number of anilines is 1. The summed E-state index contributed by atoms with van der Waals surface area (Å²) in [7, 11) is 1.39. The van der Waals surface area contributed by atoms with Crippen molar-refractivity contribution in [3.8, 4) is 0 Å². The minimum Gasteiger partial charge on any atom is -0.468 e. The van der Waals surface area contributed by atoms with Crippen molar-refractivity contribution in [2.24, 2.45) is 0 Å². The Kier molecular flexibility index (Phi) is 5.09. The summed E-state index contributed by atoms with van der Waals surface area (Å²) in [6, 6.07) is 16.1. The van der Waals surface area contributed by atoms with Gasteiger partial charge in [0.2, 0.25) is 0 Å². The molecule has 0 bridgehead atoms. The highest BCUT2D eigenvalue weighted by Gasteiger charge is 2.62. The average molecular weight is 434 g/mol. The number of fused-ring (bicyclic) bond motifs is 3. The second-order valence-electron chi connectivity index (χ2n) is 8.50. The van der Waals surface area contributed by atoms with Gasteiger partial charge >= 0.3 is 12.1 Å². The van der Waals surface area contributed by atoms with Crippen LogP contribution in [-0.4, -0.2) is 54.2 Å². The van der Waals surface area contributed by atoms with E-state index < -0.39 is 24.2 Å². The molecule has 8 nitrogen and oxygen atoms in total. The highest BCUT2D eigenvalue weighted by Crippen LogP contribution is 2.54. The standard InChI is InChI=1S/C24H26N4O4/c1-14(26-24(30)32-13-15-8-4-3-5-9-15)20-21(25)28-18-11-7-6-10-16(18)17-12-19(23(29)31-2)27(20)22(17)28/h3-11,14,17,19-20,22,25H,12-13H2,1-2H3,(H,26,30)/t14-,17+,19-,20+,22-/m0/s1. The number of hydrogen-bond donors (Lipinski definition) is 2. The first kappa shape index (κ1) is 20.5. The summed E-state index contributed by atoms with van der Waals surface area (Å²) in [5.41, 5.74) is 3.05. The topological polar surface area (TPSA) is 95.0 Å². The summed E-state index contributed by atoms with van der Waals surface area (Å²) in [5.74, 6) is 0.169. The third-order valence-corrected chi connectivity index (χ3v) is 6.73. The molecule has 0 saturated carbocycles. The maximum atomic E-state index is 12.6. The molecule has 2 aromatic rings. The molecular weight excluding hydrogens is 408 g/mol. The van der Waals surface area contributed by atoms with Crippen LogP contribution in [0.1, 0.15) is 30.4 Å². The summed E-state index contributed by atoms with van der Waals surface area (Å²) in [6.45, 7) is 2.01. The van der Waals surface area contributed by atoms with E-state index in [0.717, 1.165) is 16.8 Å². The number of esters is 1. The number of para-hydroxylation sites is 1. The number of nitrogens with one attached hydrogen (secondary N) is 2. The van der Waals surface area contributed by atoms with Crippen molar-refractivity contribution in [1.82, 2.24) is 10.2 Å². The van der Waals surface area contributed by atoms with Gasteiger partial charge in [0.05, 0.1) is 25.4 Å². The van der Waals surface area contributed by atoms with Crippen molar-refractivity contribution in [3.05, 3.63) is 65.7 Å². The lowest BCUT2D eigenvalue weighted by Gasteiger charge is -2.31. The SMILES string of the molecule is COC(=O)[C@@H]1C[C@@H]2c3ccccc3N3C(=N)[C@@H]([C@H](C)NC(=O)OCc4ccccc4)N1[C@H]23. The summed E-state index contributed by atoms with van der Waals surface area (Å²) in [6.07, 6.45) is -0.0506. The first-order chi connectivity index (χ1) is 15.5. The van der Waals surface area contributed by atoms with Crippen LogP contribution < -0.4 is 10.2 Å². The van der Waals surface area contributed by atoms with Crippen molar-refractivity contribution in [2.45, 2.75) is 50.2 Å². The van der Waals surface area contributed by atoms with Crippen molar-refractivity contribution in [1.29, 1.82) is 5.41 Å². The van der Waals surface area contributed by atoms with E-state index >= 15 is 0 Å². The van der Waals surface area contributed by atoms with Crippen molar-refractivity contribution < 1.29 is 19.1 Å². The van der Waals surface area contributed by atoms with E-state index in [0.29, 0.717) is 12.3 Å². The molecule has 1 amide bonds. The third-order valence-electron chi connectivity index (χ3n) is 6.73. The van der Waals surface area contributed by atoms with Gasteiger partial charge in [-0.25, -0.2) is 4.79 Å². The Balaban J connectivity index is 1.37. The zero-order chi connectivity index (χ0) is 22.4. The smallest absolute Gasteiger partial charge is 0.407 e. The highest BCUT2D eigenvalue weighted by molar-refractivity contribution is 6.06. The molecule has 5 atom stereocenters. The van der Waals surface area contributed by atoms with E-state index in [4.69, 9.17) is 14.9 Å². The van der Waals surface area contributed by atoms with Gasteiger partial charge in [0.15, 0.2) is 0 Å². The van der Waals surface area contributed by atoms with Gasteiger partial charge in [0, 0.05) is 11.6 Å². The van der Waals surface area contributed by atoms with Gasteiger partial charge in [-0.3, -0.25) is 15.1 Å². The molecule has 166 valence electrons. The lowest BCUT2D eigenvalue weighted by atomic mass is 9.96. The molecule has 0 aliphatic carbocycles. The molecule has 3 aliphatic heterocycles. The van der Waals surface area contributed by atoms with Gasteiger partial charge < -0.3 is 19.7 Å². The molecular formula is C24H26N4O4. The zero-order valence-corrected chi connectivity index (χ0v) is 18.0. The third kappa shape index (κ3) is 3.14. The summed E-state index contributed by atoms with van der Waals surface area (Å²) >= 11 is 0. The van der Waals surface area contributed by atoms with Gasteiger partial charge in [0.1, 0.15) is 18.5 Å². The Bertz CT molecular complexity index is 1060. The van der Waals surface area contributed by atoms with E-state index in [9.17, 15) is 9.59 Å². The van der Waals surface area contributed by atoms with Crippen LogP contribution in [0.5, 0.6) is 0 Å². The van der Waals surface area contributed by atoms with Crippen molar-refractivity contribution in [2.75, 3.05) is 12.0 Å². The molecule has 0 unspecified atom stereocenters. The average Bonchev–Trinajstić information content (AvgIpc) is 3.43. The molecule has 2 aromatic carbocycles. The fraction of sp³-hybridized carbons (Fsp3) is 0.375. The molecule has 0 radical (unpaired) electrons. The van der Waals surface area contributed by atoms with Crippen molar-refractivity contribution in [3.63, 3.8) is 0 Å². The molecule has 3 heterocycles. The maximum Gasteiger partial charge on any atom is 0.407 e. The Morgan fingerprint density at radius 2 is 1.88 bits per heavy atom. The largest absolute Gasteiger partial charge is 0.468 e. The Morgan fingerprint density at radius 3 is 2.62 bits per heavy atom. The zero-order valence-electron chi connectivity index (χ0n) is 18.0. The van der Waals surface area contributed by atoms with E-state index in [1.807, 2.05) is 65.3 Å². The quantitative estimate of drug-likeness (QED) is 0.703. The molecule has 5 rings (SSSR count). The molecule has 2 saturated heterocycles. The fourth-order valence-electron chi connectivity index (χ4n) is 5.43. The van der Waals surface area contributed by atoms with Crippen LogP contribution in [-0.2, 0) is 20.9 Å². The minimum atomic E-state index is -0.549. The van der Waals surface area contributed by atoms with E-state index in [1.54, 1.807) is 0 Å². The number of carbonyl (C=O) groups is 2. The second-order valence-corrected chi connectivity index (χ2v) is 8.50. The summed E-state index contributed by atoms with van der Waals surface area (Å²) in [5, 5.41) is 11.8. The number of amidine groups is 1. The van der Waals surface area contributed by atoms with Gasteiger partial charge in [-0.2, -0.15) is 0 Å². The normalized spacial score (nSPS) is 26.4. The number of methoxy groups -OCH3 is 1. The molecule has 0 aromatic heterocycles. The highest BCUT2D eigenvalue weighted by atomic mass is 16.5. The molecule has 8 heteroatoms. The number of amides is 1. The predicted molar refractivity (Wildman–Crippen MR) is 118 cm³/mol. The fourth-order valence-corrected chi connectivity index (χ4v) is 5.43. The molecule has 32 heavy (non-hydrogen) atoms. The van der Waals surface area contributed by atoms with E-state index in [-0.39, 0.29) is 24.7 Å². The Hall–Kier alpha value is -3.39. The predicted octanol–water partition coefficient (Wildman–Crippen LogP) is 2.84. The maximum absolute atomic E-state index is 12.6. The second kappa shape index (κ2) is 7.94. The van der Waals surface area contributed by atoms with Crippen LogP contribution in [0.25, 0.3) is 0 Å². The van der Waals surface area contributed by atoms with Crippen molar-refractivity contribution >= 4 is 23.6 Å². The van der Waals surface area contributed by atoms with Crippen LogP contribution in [0, 0.1) is 5.41 Å². The Morgan fingerprint density at radius 1 is 1.16 bits per heavy atom. The first-order valence-corrected chi connectivity index (χ1v) is 10.8. The number of rotatable bonds is 5. The van der Waals surface area contributed by atoms with E-state index in [1.165, 1.54) is 7.11 Å². The summed E-state index contributed by atoms with van der Waals surface area (Å²) in [4.78, 5) is 29.2. The monoisotopic (exact) mass is 434 g/mol. The minimum absolute atomic E-state index is 0.109. The molecule has 2 N–H and O–H groups in total. The lowest BCUT2D eigenvalue weighted by molar-refractivity contribution is -0.146. The van der Waals surface area contributed by atoms with Gasteiger partial charge in [-0.15, -0.1) is 0 Å². The van der Waals surface area contributed by atoms with Crippen LogP contribution in [0.15, 0.2) is 54.6 Å². The number of hydrogen-bond acceptors (Lipinski definition) is 6.